The Morgan fingerprint density at radius 2 is 1.91 bits per heavy atom. The van der Waals surface area contributed by atoms with Crippen molar-refractivity contribution >= 4 is 17.5 Å². The van der Waals surface area contributed by atoms with Crippen LogP contribution >= 0.6 is 0 Å². The molecule has 0 spiro atoms. The van der Waals surface area contributed by atoms with Gasteiger partial charge in [-0.25, -0.2) is 9.07 Å². The summed E-state index contributed by atoms with van der Waals surface area (Å²) >= 11 is 0. The van der Waals surface area contributed by atoms with Gasteiger partial charge in [0.15, 0.2) is 5.82 Å². The van der Waals surface area contributed by atoms with Crippen LogP contribution in [0.25, 0.3) is 11.4 Å². The van der Waals surface area contributed by atoms with Crippen molar-refractivity contribution in [3.63, 3.8) is 0 Å². The first-order chi connectivity index (χ1) is 16.5. The molecule has 0 bridgehead atoms. The SMILES string of the molecule is COc1ccccc1NC(=O)C1=C(C)Nc2nc(-c3ccc(F)cc3)nn2[C@@H]1c1cccnc1. The average Bonchev–Trinajstić information content (AvgIpc) is 3.28. The Morgan fingerprint density at radius 1 is 1.12 bits per heavy atom. The van der Waals surface area contributed by atoms with Gasteiger partial charge in [0.1, 0.15) is 17.6 Å². The van der Waals surface area contributed by atoms with Gasteiger partial charge in [-0.15, -0.1) is 5.10 Å². The number of aromatic nitrogens is 4. The second-order valence-corrected chi connectivity index (χ2v) is 7.72. The van der Waals surface area contributed by atoms with Gasteiger partial charge in [-0.1, -0.05) is 18.2 Å². The van der Waals surface area contributed by atoms with E-state index in [1.807, 2.05) is 25.1 Å². The minimum Gasteiger partial charge on any atom is -0.495 e. The van der Waals surface area contributed by atoms with E-state index in [1.54, 1.807) is 54.5 Å². The largest absolute Gasteiger partial charge is 0.495 e. The maximum absolute atomic E-state index is 13.6. The van der Waals surface area contributed by atoms with Crippen LogP contribution in [-0.2, 0) is 4.79 Å². The van der Waals surface area contributed by atoms with E-state index < -0.39 is 6.04 Å². The van der Waals surface area contributed by atoms with Crippen LogP contribution in [0.3, 0.4) is 0 Å². The summed E-state index contributed by atoms with van der Waals surface area (Å²) in [4.78, 5) is 22.4. The molecular weight excluding hydrogens is 435 g/mol. The van der Waals surface area contributed by atoms with Gasteiger partial charge in [-0.2, -0.15) is 4.98 Å². The number of pyridine rings is 1. The molecule has 1 aliphatic rings. The molecule has 5 rings (SSSR count). The first kappa shape index (κ1) is 21.3. The van der Waals surface area contributed by atoms with Gasteiger partial charge in [0.2, 0.25) is 5.95 Å². The molecule has 0 radical (unpaired) electrons. The van der Waals surface area contributed by atoms with Gasteiger partial charge in [-0.05, 0) is 55.0 Å². The van der Waals surface area contributed by atoms with Crippen LogP contribution in [0, 0.1) is 5.82 Å². The van der Waals surface area contributed by atoms with E-state index in [2.05, 4.69) is 25.7 Å². The Labute approximate surface area is 195 Å². The molecule has 170 valence electrons. The lowest BCUT2D eigenvalue weighted by atomic mass is 9.96. The number of benzene rings is 2. The molecule has 0 aliphatic carbocycles. The number of carbonyl (C=O) groups excluding carboxylic acids is 1. The molecule has 0 fully saturated rings. The number of fused-ring (bicyclic) bond motifs is 1. The zero-order valence-electron chi connectivity index (χ0n) is 18.5. The number of para-hydroxylation sites is 2. The minimum atomic E-state index is -0.582. The molecule has 4 aromatic rings. The van der Waals surface area contributed by atoms with E-state index in [-0.39, 0.29) is 11.7 Å². The summed E-state index contributed by atoms with van der Waals surface area (Å²) < 4.78 is 20.4. The zero-order chi connectivity index (χ0) is 23.7. The first-order valence-electron chi connectivity index (χ1n) is 10.6. The summed E-state index contributed by atoms with van der Waals surface area (Å²) in [5.41, 5.74) is 3.07. The number of hydrogen-bond acceptors (Lipinski definition) is 6. The zero-order valence-corrected chi connectivity index (χ0v) is 18.5. The molecule has 8 nitrogen and oxygen atoms in total. The summed E-state index contributed by atoms with van der Waals surface area (Å²) in [5.74, 6) is 0.783. The number of rotatable bonds is 5. The van der Waals surface area contributed by atoms with Crippen LogP contribution in [0.1, 0.15) is 18.5 Å². The number of amides is 1. The molecule has 9 heteroatoms. The maximum atomic E-state index is 13.6. The lowest BCUT2D eigenvalue weighted by molar-refractivity contribution is -0.113. The Bertz CT molecular complexity index is 1380. The summed E-state index contributed by atoms with van der Waals surface area (Å²) in [5, 5.41) is 10.8. The van der Waals surface area contributed by atoms with Gasteiger partial charge >= 0.3 is 0 Å². The summed E-state index contributed by atoms with van der Waals surface area (Å²) in [6, 6.07) is 16.3. The van der Waals surface area contributed by atoms with Crippen LogP contribution < -0.4 is 15.4 Å². The number of anilines is 2. The number of nitrogens with one attached hydrogen (secondary N) is 2. The third-order valence-corrected chi connectivity index (χ3v) is 5.55. The lowest BCUT2D eigenvalue weighted by Crippen LogP contribution is -2.31. The fourth-order valence-electron chi connectivity index (χ4n) is 3.95. The molecule has 0 saturated carbocycles. The predicted molar refractivity (Wildman–Crippen MR) is 126 cm³/mol. The van der Waals surface area contributed by atoms with Crippen molar-refractivity contribution in [2.24, 2.45) is 0 Å². The normalized spacial score (nSPS) is 14.9. The Morgan fingerprint density at radius 3 is 2.65 bits per heavy atom. The highest BCUT2D eigenvalue weighted by Crippen LogP contribution is 2.37. The number of ether oxygens (including phenoxy) is 1. The predicted octanol–water partition coefficient (Wildman–Crippen LogP) is 4.42. The highest BCUT2D eigenvalue weighted by molar-refractivity contribution is 6.06. The monoisotopic (exact) mass is 456 g/mol. The summed E-state index contributed by atoms with van der Waals surface area (Å²) in [6.07, 6.45) is 3.37. The number of allylic oxidation sites excluding steroid dienone is 1. The smallest absolute Gasteiger partial charge is 0.255 e. The van der Waals surface area contributed by atoms with Gasteiger partial charge in [0.25, 0.3) is 5.91 Å². The molecule has 0 saturated heterocycles. The first-order valence-corrected chi connectivity index (χ1v) is 10.6. The summed E-state index contributed by atoms with van der Waals surface area (Å²) in [6.45, 7) is 1.82. The second-order valence-electron chi connectivity index (χ2n) is 7.72. The topological polar surface area (TPSA) is 94.0 Å². The molecule has 1 aliphatic heterocycles. The second kappa shape index (κ2) is 8.78. The van der Waals surface area contributed by atoms with Gasteiger partial charge in [0.05, 0.1) is 18.4 Å². The molecule has 3 heterocycles. The van der Waals surface area contributed by atoms with Crippen molar-refractivity contribution < 1.29 is 13.9 Å². The average molecular weight is 456 g/mol. The fourth-order valence-corrected chi connectivity index (χ4v) is 3.95. The van der Waals surface area contributed by atoms with E-state index >= 15 is 0 Å². The Kier molecular flexibility index (Phi) is 5.51. The van der Waals surface area contributed by atoms with Crippen molar-refractivity contribution in [1.29, 1.82) is 0 Å². The number of halogens is 1. The highest BCUT2D eigenvalue weighted by Gasteiger charge is 2.34. The molecule has 1 atom stereocenters. The van der Waals surface area contributed by atoms with Crippen molar-refractivity contribution in [3.05, 3.63) is 95.7 Å². The van der Waals surface area contributed by atoms with Gasteiger partial charge in [-0.3, -0.25) is 9.78 Å². The van der Waals surface area contributed by atoms with Crippen LogP contribution in [0.5, 0.6) is 5.75 Å². The maximum Gasteiger partial charge on any atom is 0.255 e. The molecule has 34 heavy (non-hydrogen) atoms. The molecule has 0 unspecified atom stereocenters. The van der Waals surface area contributed by atoms with Gasteiger partial charge < -0.3 is 15.4 Å². The number of nitrogens with zero attached hydrogens (tertiary/aromatic N) is 4. The molecule has 2 aromatic heterocycles. The van der Waals surface area contributed by atoms with E-state index in [4.69, 9.17) is 4.74 Å². The number of methoxy groups -OCH3 is 1. The van der Waals surface area contributed by atoms with Crippen LogP contribution in [-0.4, -0.2) is 32.8 Å². The summed E-state index contributed by atoms with van der Waals surface area (Å²) in [7, 11) is 1.55. The van der Waals surface area contributed by atoms with Crippen molar-refractivity contribution in [1.82, 2.24) is 19.7 Å². The highest BCUT2D eigenvalue weighted by atomic mass is 19.1. The minimum absolute atomic E-state index is 0.312. The van der Waals surface area contributed by atoms with Crippen molar-refractivity contribution in [3.8, 4) is 17.1 Å². The molecular formula is C25H21FN6O2. The van der Waals surface area contributed by atoms with E-state index in [0.717, 1.165) is 5.56 Å². The standard InChI is InChI=1S/C25H21FN6O2/c1-15-21(24(33)29-19-7-3-4-8-20(19)34-2)22(17-6-5-13-27-14-17)32-25(28-15)30-23(31-32)16-9-11-18(26)12-10-16/h3-14,22H,1-2H3,(H,29,33)(H,28,30,31)/t22-/m1/s1. The number of hydrogen-bond donors (Lipinski definition) is 2. The van der Waals surface area contributed by atoms with Gasteiger partial charge in [0, 0.05) is 23.7 Å². The molecule has 1 amide bonds. The molecule has 2 aromatic carbocycles. The van der Waals surface area contributed by atoms with Crippen LogP contribution in [0.15, 0.2) is 84.3 Å². The van der Waals surface area contributed by atoms with E-state index in [0.29, 0.717) is 40.0 Å². The Balaban J connectivity index is 1.58. The third-order valence-electron chi connectivity index (χ3n) is 5.55. The van der Waals surface area contributed by atoms with Crippen LogP contribution in [0.2, 0.25) is 0 Å². The third kappa shape index (κ3) is 3.88. The van der Waals surface area contributed by atoms with E-state index in [9.17, 15) is 9.18 Å². The van der Waals surface area contributed by atoms with Crippen molar-refractivity contribution in [2.75, 3.05) is 17.7 Å². The molecule has 2 N–H and O–H groups in total. The van der Waals surface area contributed by atoms with Crippen molar-refractivity contribution in [2.45, 2.75) is 13.0 Å². The quantitative estimate of drug-likeness (QED) is 0.462. The lowest BCUT2D eigenvalue weighted by Gasteiger charge is -2.28. The Hall–Kier alpha value is -4.53. The van der Waals surface area contributed by atoms with Crippen LogP contribution in [0.4, 0.5) is 16.0 Å². The van der Waals surface area contributed by atoms with E-state index in [1.165, 1.54) is 12.1 Å². The fraction of sp³-hybridized carbons (Fsp3) is 0.120. The number of carbonyl (C=O) groups is 1.